The lowest BCUT2D eigenvalue weighted by Gasteiger charge is -2.12. The summed E-state index contributed by atoms with van der Waals surface area (Å²) in [7, 11) is 3.86. The van der Waals surface area contributed by atoms with Crippen molar-refractivity contribution in [3.8, 4) is 17.4 Å². The van der Waals surface area contributed by atoms with E-state index in [0.29, 0.717) is 26.0 Å². The molecule has 3 aromatic rings. The topological polar surface area (TPSA) is 62.1 Å². The van der Waals surface area contributed by atoms with Gasteiger partial charge in [0.1, 0.15) is 6.33 Å². The summed E-state index contributed by atoms with van der Waals surface area (Å²) < 4.78 is 12.6. The number of imidazole rings is 1. The van der Waals surface area contributed by atoms with Gasteiger partial charge in [-0.15, -0.1) is 0 Å². The zero-order chi connectivity index (χ0) is 15.5. The van der Waals surface area contributed by atoms with Gasteiger partial charge in [0.2, 0.25) is 5.95 Å². The molecule has 0 amide bonds. The van der Waals surface area contributed by atoms with Crippen molar-refractivity contribution in [2.45, 2.75) is 6.92 Å². The zero-order valence-corrected chi connectivity index (χ0v) is 13.7. The molecule has 0 aliphatic heterocycles. The predicted octanol–water partition coefficient (Wildman–Crippen LogP) is 2.16. The van der Waals surface area contributed by atoms with Crippen molar-refractivity contribution in [1.82, 2.24) is 19.5 Å². The number of hydrogen-bond acceptors (Lipinski definition) is 5. The van der Waals surface area contributed by atoms with Crippen LogP contribution < -0.4 is 14.9 Å². The standard InChI is InChI=1S/C15H17N4O2P/c1-4-22-14-10-7-12(20-2)13(21-3)8-11(10)17-15(18-14)19-6-5-16-9-19/h5-9,22H,4H2,1-3H3. The van der Waals surface area contributed by atoms with Gasteiger partial charge in [0, 0.05) is 23.8 Å². The Bertz CT molecular complexity index is 790. The fourth-order valence-corrected chi connectivity index (χ4v) is 3.14. The molecule has 0 aliphatic carbocycles. The average molecular weight is 316 g/mol. The number of hydrogen-bond donors (Lipinski definition) is 0. The van der Waals surface area contributed by atoms with Crippen LogP contribution in [-0.2, 0) is 0 Å². The Balaban J connectivity index is 2.26. The Hall–Kier alpha value is -2.20. The highest BCUT2D eigenvalue weighted by Gasteiger charge is 2.13. The lowest BCUT2D eigenvalue weighted by Crippen LogP contribution is -2.11. The number of rotatable bonds is 5. The summed E-state index contributed by atoms with van der Waals surface area (Å²) in [6.07, 6.45) is 6.27. The summed E-state index contributed by atoms with van der Waals surface area (Å²) in [6, 6.07) is 3.84. The Kier molecular flexibility index (Phi) is 4.20. The molecule has 0 aliphatic rings. The number of nitrogens with zero attached hydrogens (tertiary/aromatic N) is 4. The van der Waals surface area contributed by atoms with Gasteiger partial charge in [-0.1, -0.05) is 15.5 Å². The van der Waals surface area contributed by atoms with E-state index in [4.69, 9.17) is 14.5 Å². The molecule has 0 N–H and O–H groups in total. The van der Waals surface area contributed by atoms with Gasteiger partial charge in [-0.05, 0) is 12.2 Å². The lowest BCUT2D eigenvalue weighted by atomic mass is 10.2. The maximum atomic E-state index is 5.39. The van der Waals surface area contributed by atoms with Gasteiger partial charge in [-0.2, -0.15) is 0 Å². The van der Waals surface area contributed by atoms with Crippen molar-refractivity contribution in [3.63, 3.8) is 0 Å². The molecule has 114 valence electrons. The lowest BCUT2D eigenvalue weighted by molar-refractivity contribution is 0.356. The minimum Gasteiger partial charge on any atom is -0.493 e. The molecule has 0 spiro atoms. The third kappa shape index (κ3) is 2.62. The van der Waals surface area contributed by atoms with Crippen LogP contribution in [-0.4, -0.2) is 39.9 Å². The molecule has 22 heavy (non-hydrogen) atoms. The highest BCUT2D eigenvalue weighted by Crippen LogP contribution is 2.32. The number of fused-ring (bicyclic) bond motifs is 1. The molecular formula is C15H17N4O2P. The molecule has 2 heterocycles. The first-order valence-electron chi connectivity index (χ1n) is 6.92. The van der Waals surface area contributed by atoms with E-state index in [2.05, 4.69) is 16.9 Å². The molecule has 1 aromatic carbocycles. The molecule has 1 atom stereocenters. The molecule has 3 rings (SSSR count). The van der Waals surface area contributed by atoms with Gasteiger partial charge in [0.25, 0.3) is 0 Å². The van der Waals surface area contributed by atoms with Crippen molar-refractivity contribution >= 4 is 24.9 Å². The van der Waals surface area contributed by atoms with Crippen molar-refractivity contribution in [1.29, 1.82) is 0 Å². The van der Waals surface area contributed by atoms with Crippen molar-refractivity contribution in [2.75, 3.05) is 20.4 Å². The van der Waals surface area contributed by atoms with Crippen molar-refractivity contribution < 1.29 is 9.47 Å². The minimum absolute atomic E-state index is 0.606. The molecule has 0 saturated heterocycles. The third-order valence-corrected chi connectivity index (χ3v) is 4.34. The van der Waals surface area contributed by atoms with Crippen LogP contribution >= 0.6 is 8.58 Å². The Morgan fingerprint density at radius 1 is 1.14 bits per heavy atom. The fourth-order valence-electron chi connectivity index (χ4n) is 2.24. The predicted molar refractivity (Wildman–Crippen MR) is 88.3 cm³/mol. The second-order valence-corrected chi connectivity index (χ2v) is 6.13. The van der Waals surface area contributed by atoms with Gasteiger partial charge in [-0.3, -0.25) is 4.57 Å². The van der Waals surface area contributed by atoms with Crippen LogP contribution in [0.25, 0.3) is 16.9 Å². The summed E-state index contributed by atoms with van der Waals surface area (Å²) in [5, 5.41) is 1.00. The maximum absolute atomic E-state index is 5.39. The molecule has 1 unspecified atom stereocenters. The summed E-state index contributed by atoms with van der Waals surface area (Å²) in [6.45, 7) is 2.14. The monoisotopic (exact) mass is 316 g/mol. The molecule has 0 bridgehead atoms. The van der Waals surface area contributed by atoms with E-state index >= 15 is 0 Å². The van der Waals surface area contributed by atoms with Gasteiger partial charge in [-0.25, -0.2) is 15.0 Å². The van der Waals surface area contributed by atoms with E-state index in [1.54, 1.807) is 31.3 Å². The first-order valence-corrected chi connectivity index (χ1v) is 8.13. The van der Waals surface area contributed by atoms with Crippen molar-refractivity contribution in [3.05, 3.63) is 30.9 Å². The van der Waals surface area contributed by atoms with Crippen molar-refractivity contribution in [2.24, 2.45) is 0 Å². The summed E-state index contributed by atoms with van der Waals surface area (Å²) >= 11 is 0. The van der Waals surface area contributed by atoms with Crippen LogP contribution in [0, 0.1) is 0 Å². The first kappa shape index (κ1) is 14.7. The molecule has 2 aromatic heterocycles. The van der Waals surface area contributed by atoms with Gasteiger partial charge in [0.05, 0.1) is 25.2 Å². The van der Waals surface area contributed by atoms with Crippen LogP contribution in [0.4, 0.5) is 0 Å². The molecule has 0 saturated carbocycles. The van der Waals surface area contributed by atoms with E-state index in [9.17, 15) is 0 Å². The van der Waals surface area contributed by atoms with E-state index in [1.165, 1.54) is 0 Å². The smallest absolute Gasteiger partial charge is 0.236 e. The summed E-state index contributed by atoms with van der Waals surface area (Å²) in [4.78, 5) is 13.4. The largest absolute Gasteiger partial charge is 0.493 e. The molecule has 7 heteroatoms. The Labute approximate surface area is 130 Å². The molecule has 0 fully saturated rings. The normalized spacial score (nSPS) is 11.4. The number of aromatic nitrogens is 4. The average Bonchev–Trinajstić information content (AvgIpc) is 3.08. The summed E-state index contributed by atoms with van der Waals surface area (Å²) in [5.74, 6) is 1.97. The number of benzene rings is 1. The fraction of sp³-hybridized carbons (Fsp3) is 0.267. The van der Waals surface area contributed by atoms with Crippen LogP contribution in [0.5, 0.6) is 11.5 Å². The highest BCUT2D eigenvalue weighted by molar-refractivity contribution is 7.47. The maximum Gasteiger partial charge on any atom is 0.236 e. The molecule has 0 radical (unpaired) electrons. The summed E-state index contributed by atoms with van der Waals surface area (Å²) in [5.41, 5.74) is 1.87. The quantitative estimate of drug-likeness (QED) is 0.675. The minimum atomic E-state index is 0.606. The van der Waals surface area contributed by atoms with Crippen LogP contribution in [0.15, 0.2) is 30.9 Å². The van der Waals surface area contributed by atoms with Gasteiger partial charge in [0.15, 0.2) is 11.5 Å². The van der Waals surface area contributed by atoms with E-state index in [-0.39, 0.29) is 0 Å². The highest BCUT2D eigenvalue weighted by atomic mass is 31.1. The Morgan fingerprint density at radius 2 is 1.91 bits per heavy atom. The SMILES string of the molecule is CCPc1nc(-n2ccnc2)nc2cc(OC)c(OC)cc12. The van der Waals surface area contributed by atoms with Crippen LogP contribution in [0.3, 0.4) is 0 Å². The second kappa shape index (κ2) is 6.28. The van der Waals surface area contributed by atoms with Crippen LogP contribution in [0.2, 0.25) is 0 Å². The van der Waals surface area contributed by atoms with E-state index in [0.717, 1.165) is 22.5 Å². The zero-order valence-electron chi connectivity index (χ0n) is 12.7. The van der Waals surface area contributed by atoms with Gasteiger partial charge >= 0.3 is 0 Å². The second-order valence-electron chi connectivity index (χ2n) is 4.60. The molecular weight excluding hydrogens is 299 g/mol. The van der Waals surface area contributed by atoms with E-state index in [1.807, 2.05) is 18.3 Å². The third-order valence-electron chi connectivity index (χ3n) is 3.27. The van der Waals surface area contributed by atoms with E-state index < -0.39 is 0 Å². The number of ether oxygens (including phenoxy) is 2. The molecule has 6 nitrogen and oxygen atoms in total. The number of methoxy groups -OCH3 is 2. The van der Waals surface area contributed by atoms with Crippen LogP contribution in [0.1, 0.15) is 6.92 Å². The Morgan fingerprint density at radius 3 is 2.55 bits per heavy atom. The van der Waals surface area contributed by atoms with Gasteiger partial charge < -0.3 is 9.47 Å². The first-order chi connectivity index (χ1) is 10.8.